The molecule has 7 nitrogen and oxygen atoms in total. The number of hydrogen-bond acceptors (Lipinski definition) is 4. The van der Waals surface area contributed by atoms with Crippen LogP contribution in [0.2, 0.25) is 0 Å². The Morgan fingerprint density at radius 1 is 0.417 bits per heavy atom. The normalized spacial score (nSPS) is 11.3. The average molecular weight is 766 g/mol. The summed E-state index contributed by atoms with van der Waals surface area (Å²) in [5.41, 5.74) is 11.8. The molecule has 0 bridgehead atoms. The summed E-state index contributed by atoms with van der Waals surface area (Å²) in [6, 6.07) is 65.9. The molecule has 0 spiro atoms. The van der Waals surface area contributed by atoms with E-state index < -0.39 is 0 Å². The third-order valence-corrected chi connectivity index (χ3v) is 11.2. The molecule has 3 heterocycles. The molecule has 0 fully saturated rings. The molecule has 0 amide bonds. The lowest BCUT2D eigenvalue weighted by Crippen LogP contribution is -2.03. The molecule has 0 aliphatic heterocycles. The van der Waals surface area contributed by atoms with Crippen LogP contribution in [0.4, 0.5) is 5.69 Å². The lowest BCUT2D eigenvalue weighted by molar-refractivity contribution is 1.07. The van der Waals surface area contributed by atoms with Crippen molar-refractivity contribution < 1.29 is 0 Å². The summed E-state index contributed by atoms with van der Waals surface area (Å²) in [5.74, 6) is 1.73. The summed E-state index contributed by atoms with van der Waals surface area (Å²) >= 11 is 0. The molecule has 0 unspecified atom stereocenters. The fourth-order valence-corrected chi connectivity index (χ4v) is 8.51. The van der Waals surface area contributed by atoms with Gasteiger partial charge in [0.15, 0.2) is 23.2 Å². The van der Waals surface area contributed by atoms with Gasteiger partial charge in [-0.25, -0.2) is 19.8 Å². The molecule has 60 heavy (non-hydrogen) atoms. The van der Waals surface area contributed by atoms with E-state index >= 15 is 0 Å². The lowest BCUT2D eigenvalue weighted by Gasteiger charge is -2.19. The Hall–Kier alpha value is -8.65. The molecule has 0 aliphatic rings. The minimum absolute atomic E-state index is 0.554. The van der Waals surface area contributed by atoms with Gasteiger partial charge in [-0.3, -0.25) is 0 Å². The molecule has 0 N–H and O–H groups in total. The second-order valence-corrected chi connectivity index (χ2v) is 14.6. The summed E-state index contributed by atoms with van der Waals surface area (Å²) in [6.45, 7) is 7.80. The van der Waals surface area contributed by atoms with Gasteiger partial charge in [0.2, 0.25) is 0 Å². The Bertz CT molecular complexity index is 3510. The zero-order valence-corrected chi connectivity index (χ0v) is 32.0. The minimum Gasteiger partial charge on any atom is -0.309 e. The van der Waals surface area contributed by atoms with Crippen LogP contribution in [0.1, 0.15) is 5.56 Å². The standard InChI is InChI=1S/C53H31N7/c1-55-38-26-29-50-44(32-38)41-20-10-13-23-47(41)60(50)49-28-25-37(53-57-51(35-14-4-2-5-15-35)56-52(58-53)36-16-6-3-7-17-36)31-43(49)40-19-9-12-22-46(40)59-45-21-11-8-18-39(45)42-30-34(33-54)24-27-48(42)59/h2-32H. The number of nitrogens with zero attached hydrogens (tertiary/aromatic N) is 7. The second kappa shape index (κ2) is 14.1. The van der Waals surface area contributed by atoms with Crippen molar-refractivity contribution in [3.63, 3.8) is 0 Å². The van der Waals surface area contributed by atoms with Crippen molar-refractivity contribution in [1.29, 1.82) is 5.26 Å². The highest BCUT2D eigenvalue weighted by atomic mass is 15.0. The largest absolute Gasteiger partial charge is 0.309 e. The third-order valence-electron chi connectivity index (χ3n) is 11.2. The minimum atomic E-state index is 0.554. The summed E-state index contributed by atoms with van der Waals surface area (Å²) in [6.07, 6.45) is 0. The third kappa shape index (κ3) is 5.61. The van der Waals surface area contributed by atoms with E-state index in [9.17, 15) is 5.26 Å². The molecule has 0 saturated heterocycles. The van der Waals surface area contributed by atoms with E-state index in [0.29, 0.717) is 28.7 Å². The lowest BCUT2D eigenvalue weighted by atomic mass is 9.98. The van der Waals surface area contributed by atoms with Gasteiger partial charge in [0, 0.05) is 44.0 Å². The summed E-state index contributed by atoms with van der Waals surface area (Å²) in [5, 5.41) is 14.0. The quantitative estimate of drug-likeness (QED) is 0.158. The van der Waals surface area contributed by atoms with E-state index in [0.717, 1.165) is 82.8 Å². The van der Waals surface area contributed by atoms with Crippen LogP contribution in [0.5, 0.6) is 0 Å². The molecule has 11 rings (SSSR count). The van der Waals surface area contributed by atoms with Gasteiger partial charge in [0.05, 0.1) is 51.6 Å². The molecule has 7 heteroatoms. The summed E-state index contributed by atoms with van der Waals surface area (Å²) in [7, 11) is 0. The molecule has 0 radical (unpaired) electrons. The molecular formula is C53H31N7. The van der Waals surface area contributed by atoms with Crippen molar-refractivity contribution >= 4 is 49.3 Å². The van der Waals surface area contributed by atoms with Gasteiger partial charge < -0.3 is 9.13 Å². The molecule has 0 aliphatic carbocycles. The predicted molar refractivity (Wildman–Crippen MR) is 241 cm³/mol. The Balaban J connectivity index is 1.23. The molecule has 0 atom stereocenters. The number of nitriles is 1. The smallest absolute Gasteiger partial charge is 0.188 e. The summed E-state index contributed by atoms with van der Waals surface area (Å²) in [4.78, 5) is 19.0. The van der Waals surface area contributed by atoms with Gasteiger partial charge in [-0.1, -0.05) is 121 Å². The van der Waals surface area contributed by atoms with Crippen molar-refractivity contribution in [2.75, 3.05) is 0 Å². The number of fused-ring (bicyclic) bond motifs is 6. The van der Waals surface area contributed by atoms with E-state index in [1.165, 1.54) is 0 Å². The van der Waals surface area contributed by atoms with Crippen molar-refractivity contribution in [2.24, 2.45) is 0 Å². The van der Waals surface area contributed by atoms with E-state index in [-0.39, 0.29) is 0 Å². The maximum atomic E-state index is 9.88. The van der Waals surface area contributed by atoms with Crippen LogP contribution < -0.4 is 0 Å². The van der Waals surface area contributed by atoms with E-state index in [1.807, 2.05) is 103 Å². The van der Waals surface area contributed by atoms with Gasteiger partial charge in [0.1, 0.15) is 0 Å². The summed E-state index contributed by atoms with van der Waals surface area (Å²) < 4.78 is 4.60. The molecule has 11 aromatic rings. The van der Waals surface area contributed by atoms with Crippen LogP contribution in [0.25, 0.3) is 105 Å². The first-order valence-electron chi connectivity index (χ1n) is 19.6. The highest BCUT2D eigenvalue weighted by Crippen LogP contribution is 2.43. The van der Waals surface area contributed by atoms with Crippen molar-refractivity contribution in [3.8, 4) is 62.7 Å². The maximum Gasteiger partial charge on any atom is 0.188 e. The van der Waals surface area contributed by atoms with Gasteiger partial charge >= 0.3 is 0 Å². The zero-order valence-electron chi connectivity index (χ0n) is 32.0. The van der Waals surface area contributed by atoms with Gasteiger partial charge in [-0.05, 0) is 72.1 Å². The SMILES string of the molecule is [C-]#[N+]c1ccc2c(c1)c1ccccc1n2-c1ccc(-c2nc(-c3ccccc3)nc(-c3ccccc3)n2)cc1-c1ccccc1-n1c2ccccc2c2cc(C#N)ccc21. The van der Waals surface area contributed by atoms with Crippen LogP contribution >= 0.6 is 0 Å². The van der Waals surface area contributed by atoms with Crippen LogP contribution in [0.15, 0.2) is 188 Å². The van der Waals surface area contributed by atoms with Gasteiger partial charge in [-0.15, -0.1) is 0 Å². The zero-order chi connectivity index (χ0) is 40.2. The molecular weight excluding hydrogens is 735 g/mol. The van der Waals surface area contributed by atoms with Crippen LogP contribution in [0, 0.1) is 17.9 Å². The van der Waals surface area contributed by atoms with Crippen LogP contribution in [0.3, 0.4) is 0 Å². The highest BCUT2D eigenvalue weighted by Gasteiger charge is 2.22. The first-order valence-corrected chi connectivity index (χ1v) is 19.6. The predicted octanol–water partition coefficient (Wildman–Crippen LogP) is 13.2. The molecule has 0 saturated carbocycles. The number of rotatable bonds is 6. The molecule has 278 valence electrons. The van der Waals surface area contributed by atoms with Crippen molar-refractivity contribution in [2.45, 2.75) is 0 Å². The van der Waals surface area contributed by atoms with Gasteiger partial charge in [-0.2, -0.15) is 5.26 Å². The second-order valence-electron chi connectivity index (χ2n) is 14.6. The number of hydrogen-bond donors (Lipinski definition) is 0. The number of aromatic nitrogens is 5. The van der Waals surface area contributed by atoms with Crippen LogP contribution in [-0.4, -0.2) is 24.1 Å². The van der Waals surface area contributed by atoms with E-state index in [4.69, 9.17) is 21.5 Å². The first kappa shape index (κ1) is 34.6. The topological polar surface area (TPSA) is 76.7 Å². The molecule has 8 aromatic carbocycles. The maximum absolute atomic E-state index is 9.88. The number of para-hydroxylation sites is 3. The van der Waals surface area contributed by atoms with E-state index in [2.05, 4.69) is 105 Å². The van der Waals surface area contributed by atoms with Gasteiger partial charge in [0.25, 0.3) is 0 Å². The number of benzene rings is 8. The van der Waals surface area contributed by atoms with E-state index in [1.54, 1.807) is 0 Å². The molecule has 3 aromatic heterocycles. The fraction of sp³-hybridized carbons (Fsp3) is 0. The van der Waals surface area contributed by atoms with Crippen molar-refractivity contribution in [1.82, 2.24) is 24.1 Å². The Kier molecular flexibility index (Phi) is 8.11. The van der Waals surface area contributed by atoms with Crippen LogP contribution in [-0.2, 0) is 0 Å². The Morgan fingerprint density at radius 2 is 0.917 bits per heavy atom. The Labute approximate surface area is 345 Å². The average Bonchev–Trinajstić information content (AvgIpc) is 3.83. The Morgan fingerprint density at radius 3 is 1.53 bits per heavy atom. The highest BCUT2D eigenvalue weighted by molar-refractivity contribution is 6.12. The first-order chi connectivity index (χ1) is 29.7. The van der Waals surface area contributed by atoms with Crippen molar-refractivity contribution in [3.05, 3.63) is 205 Å². The fourth-order valence-electron chi connectivity index (χ4n) is 8.51. The monoisotopic (exact) mass is 765 g/mol.